The normalized spacial score (nSPS) is 10.3. The second-order valence-corrected chi connectivity index (χ2v) is 4.67. The molecule has 0 atom stereocenters. The molecule has 0 aliphatic heterocycles. The van der Waals surface area contributed by atoms with Crippen molar-refractivity contribution in [1.82, 2.24) is 5.32 Å². The number of benzene rings is 1. The Morgan fingerprint density at radius 1 is 1.15 bits per heavy atom. The van der Waals surface area contributed by atoms with Gasteiger partial charge in [0.05, 0.1) is 0 Å². The highest BCUT2D eigenvalue weighted by molar-refractivity contribution is 5.97. The maximum atomic E-state index is 11.9. The molecule has 20 heavy (non-hydrogen) atoms. The van der Waals surface area contributed by atoms with Crippen molar-refractivity contribution in [3.8, 4) is 0 Å². The van der Waals surface area contributed by atoms with Crippen LogP contribution < -0.4 is 5.32 Å². The number of hydrogen-bond donors (Lipinski definition) is 1. The van der Waals surface area contributed by atoms with E-state index in [1.54, 1.807) is 7.11 Å². The summed E-state index contributed by atoms with van der Waals surface area (Å²) in [4.78, 5) is 23.5. The molecule has 1 aromatic rings. The van der Waals surface area contributed by atoms with Crippen LogP contribution in [-0.4, -0.2) is 32.0 Å². The Morgan fingerprint density at radius 2 is 1.85 bits per heavy atom. The average molecular weight is 277 g/mol. The Kier molecular flexibility index (Phi) is 7.58. The Hall–Kier alpha value is -1.68. The molecular weight excluding hydrogens is 254 g/mol. The van der Waals surface area contributed by atoms with Crippen molar-refractivity contribution in [2.75, 3.05) is 20.3 Å². The largest absolute Gasteiger partial charge is 0.385 e. The molecule has 0 aliphatic carbocycles. The van der Waals surface area contributed by atoms with E-state index < -0.39 is 0 Å². The van der Waals surface area contributed by atoms with Gasteiger partial charge in [-0.3, -0.25) is 9.59 Å². The number of hydrogen-bond acceptors (Lipinski definition) is 3. The van der Waals surface area contributed by atoms with Gasteiger partial charge in [0.25, 0.3) is 0 Å². The van der Waals surface area contributed by atoms with Gasteiger partial charge in [-0.2, -0.15) is 0 Å². The van der Waals surface area contributed by atoms with Gasteiger partial charge in [0, 0.05) is 38.7 Å². The first-order valence-corrected chi connectivity index (χ1v) is 7.05. The van der Waals surface area contributed by atoms with Crippen LogP contribution in [0.4, 0.5) is 0 Å². The lowest BCUT2D eigenvalue weighted by Gasteiger charge is -2.05. The summed E-state index contributed by atoms with van der Waals surface area (Å²) < 4.78 is 4.89. The molecule has 110 valence electrons. The molecule has 0 heterocycles. The van der Waals surface area contributed by atoms with Crippen molar-refractivity contribution in [2.45, 2.75) is 32.6 Å². The third-order valence-electron chi connectivity index (χ3n) is 3.11. The lowest BCUT2D eigenvalue weighted by atomic mass is 10.0. The minimum absolute atomic E-state index is 0.0136. The summed E-state index contributed by atoms with van der Waals surface area (Å²) in [5, 5.41) is 2.77. The summed E-state index contributed by atoms with van der Waals surface area (Å²) in [6.45, 7) is 3.29. The molecule has 0 spiro atoms. The molecule has 0 saturated heterocycles. The van der Waals surface area contributed by atoms with Crippen LogP contribution in [0.2, 0.25) is 0 Å². The Bertz CT molecular complexity index is 426. The number of nitrogens with one attached hydrogen (secondary N) is 1. The molecule has 1 N–H and O–H groups in total. The first kappa shape index (κ1) is 16.4. The molecule has 0 aromatic heterocycles. The molecule has 0 saturated carbocycles. The molecule has 1 aromatic carbocycles. The van der Waals surface area contributed by atoms with Crippen molar-refractivity contribution in [3.63, 3.8) is 0 Å². The summed E-state index contributed by atoms with van der Waals surface area (Å²) in [7, 11) is 1.63. The van der Waals surface area contributed by atoms with Crippen LogP contribution in [-0.2, 0) is 16.0 Å². The SMILES string of the molecule is CCc1ccc(C(=O)CCC(=O)NCCCOC)cc1. The summed E-state index contributed by atoms with van der Waals surface area (Å²) in [5.41, 5.74) is 1.88. The number of aryl methyl sites for hydroxylation is 1. The third-order valence-corrected chi connectivity index (χ3v) is 3.11. The van der Waals surface area contributed by atoms with E-state index in [2.05, 4.69) is 12.2 Å². The predicted octanol–water partition coefficient (Wildman–Crippen LogP) is 2.36. The highest BCUT2D eigenvalue weighted by Gasteiger charge is 2.08. The summed E-state index contributed by atoms with van der Waals surface area (Å²) in [6.07, 6.45) is 2.23. The van der Waals surface area contributed by atoms with E-state index in [-0.39, 0.29) is 24.5 Å². The zero-order chi connectivity index (χ0) is 14.8. The third kappa shape index (κ3) is 5.97. The highest BCUT2D eigenvalue weighted by Crippen LogP contribution is 2.08. The van der Waals surface area contributed by atoms with Crippen molar-refractivity contribution in [1.29, 1.82) is 0 Å². The predicted molar refractivity (Wildman–Crippen MR) is 78.9 cm³/mol. The monoisotopic (exact) mass is 277 g/mol. The van der Waals surface area contributed by atoms with Gasteiger partial charge in [-0.1, -0.05) is 31.2 Å². The smallest absolute Gasteiger partial charge is 0.220 e. The van der Waals surface area contributed by atoms with E-state index in [4.69, 9.17) is 4.74 Å². The van der Waals surface area contributed by atoms with E-state index in [0.717, 1.165) is 12.8 Å². The first-order valence-electron chi connectivity index (χ1n) is 7.05. The fraction of sp³-hybridized carbons (Fsp3) is 0.500. The number of amides is 1. The quantitative estimate of drug-likeness (QED) is 0.557. The Balaban J connectivity index is 2.29. The summed E-state index contributed by atoms with van der Waals surface area (Å²) in [6, 6.07) is 7.57. The van der Waals surface area contributed by atoms with Crippen molar-refractivity contribution < 1.29 is 14.3 Å². The Labute approximate surface area is 120 Å². The van der Waals surface area contributed by atoms with Crippen LogP contribution in [0.3, 0.4) is 0 Å². The zero-order valence-corrected chi connectivity index (χ0v) is 12.3. The molecule has 1 rings (SSSR count). The maximum Gasteiger partial charge on any atom is 0.220 e. The molecule has 0 unspecified atom stereocenters. The maximum absolute atomic E-state index is 11.9. The zero-order valence-electron chi connectivity index (χ0n) is 12.3. The van der Waals surface area contributed by atoms with Gasteiger partial charge in [-0.15, -0.1) is 0 Å². The second kappa shape index (κ2) is 9.26. The number of ether oxygens (including phenoxy) is 1. The minimum Gasteiger partial charge on any atom is -0.385 e. The summed E-state index contributed by atoms with van der Waals surface area (Å²) in [5.74, 6) is -0.0701. The molecular formula is C16H23NO3. The van der Waals surface area contributed by atoms with Crippen LogP contribution in [0.15, 0.2) is 24.3 Å². The standard InChI is InChI=1S/C16H23NO3/c1-3-13-5-7-14(8-6-13)15(18)9-10-16(19)17-11-4-12-20-2/h5-8H,3-4,9-12H2,1-2H3,(H,17,19). The fourth-order valence-electron chi connectivity index (χ4n) is 1.83. The molecule has 0 radical (unpaired) electrons. The number of methoxy groups -OCH3 is 1. The van der Waals surface area contributed by atoms with Gasteiger partial charge in [0.1, 0.15) is 0 Å². The highest BCUT2D eigenvalue weighted by atomic mass is 16.5. The van der Waals surface area contributed by atoms with Crippen LogP contribution in [0.5, 0.6) is 0 Å². The molecule has 4 nitrogen and oxygen atoms in total. The fourth-order valence-corrected chi connectivity index (χ4v) is 1.83. The topological polar surface area (TPSA) is 55.4 Å². The van der Waals surface area contributed by atoms with Crippen molar-refractivity contribution in [2.24, 2.45) is 0 Å². The first-order chi connectivity index (χ1) is 9.67. The van der Waals surface area contributed by atoms with Gasteiger partial charge >= 0.3 is 0 Å². The number of Topliss-reactive ketones (excluding diaryl/α,β-unsaturated/α-hetero) is 1. The lowest BCUT2D eigenvalue weighted by molar-refractivity contribution is -0.121. The van der Waals surface area contributed by atoms with Crippen molar-refractivity contribution in [3.05, 3.63) is 35.4 Å². The van der Waals surface area contributed by atoms with Crippen LogP contribution >= 0.6 is 0 Å². The van der Waals surface area contributed by atoms with Gasteiger partial charge in [-0.05, 0) is 18.4 Å². The average Bonchev–Trinajstić information content (AvgIpc) is 2.49. The van der Waals surface area contributed by atoms with Gasteiger partial charge in [0.2, 0.25) is 5.91 Å². The van der Waals surface area contributed by atoms with Crippen LogP contribution in [0, 0.1) is 0 Å². The molecule has 0 fully saturated rings. The van der Waals surface area contributed by atoms with E-state index in [1.165, 1.54) is 5.56 Å². The molecule has 0 bridgehead atoms. The van der Waals surface area contributed by atoms with E-state index >= 15 is 0 Å². The Morgan fingerprint density at radius 3 is 2.45 bits per heavy atom. The van der Waals surface area contributed by atoms with Gasteiger partial charge in [0.15, 0.2) is 5.78 Å². The second-order valence-electron chi connectivity index (χ2n) is 4.67. The number of rotatable bonds is 9. The molecule has 1 amide bonds. The van der Waals surface area contributed by atoms with E-state index in [9.17, 15) is 9.59 Å². The lowest BCUT2D eigenvalue weighted by Crippen LogP contribution is -2.25. The van der Waals surface area contributed by atoms with Crippen LogP contribution in [0.1, 0.15) is 42.1 Å². The van der Waals surface area contributed by atoms with E-state index in [0.29, 0.717) is 18.7 Å². The van der Waals surface area contributed by atoms with E-state index in [1.807, 2.05) is 24.3 Å². The van der Waals surface area contributed by atoms with Crippen LogP contribution in [0.25, 0.3) is 0 Å². The van der Waals surface area contributed by atoms with Gasteiger partial charge in [-0.25, -0.2) is 0 Å². The molecule has 0 aliphatic rings. The molecule has 4 heteroatoms. The number of ketones is 1. The number of carbonyl (C=O) groups is 2. The van der Waals surface area contributed by atoms with Crippen molar-refractivity contribution >= 4 is 11.7 Å². The minimum atomic E-state index is -0.0837. The summed E-state index contributed by atoms with van der Waals surface area (Å²) >= 11 is 0. The van der Waals surface area contributed by atoms with Gasteiger partial charge < -0.3 is 10.1 Å². The number of carbonyl (C=O) groups excluding carboxylic acids is 2.